The van der Waals surface area contributed by atoms with Crippen molar-refractivity contribution in [1.29, 1.82) is 0 Å². The number of benzene rings is 3. The fourth-order valence-electron chi connectivity index (χ4n) is 4.79. The van der Waals surface area contributed by atoms with E-state index in [1.807, 2.05) is 24.3 Å². The molecule has 1 atom stereocenters. The lowest BCUT2D eigenvalue weighted by Crippen LogP contribution is -2.44. The van der Waals surface area contributed by atoms with Gasteiger partial charge in [0.25, 0.3) is 0 Å². The SMILES string of the molecule is CN(C(=O)Cn1c(=O)sc2ccc(Cl)cc21)C(CN1CCOCC1)c1ccc(-c2ccc(C(=O)O)cc2)cc1. The van der Waals surface area contributed by atoms with E-state index in [-0.39, 0.29) is 28.9 Å². The fourth-order valence-corrected chi connectivity index (χ4v) is 5.83. The number of halogens is 1. The van der Waals surface area contributed by atoms with Crippen LogP contribution in [-0.4, -0.2) is 71.2 Å². The van der Waals surface area contributed by atoms with Crippen LogP contribution < -0.4 is 4.87 Å². The molecule has 0 spiro atoms. The Labute approximate surface area is 234 Å². The van der Waals surface area contributed by atoms with Crippen LogP contribution in [0, 0.1) is 0 Å². The van der Waals surface area contributed by atoms with E-state index in [4.69, 9.17) is 21.4 Å². The predicted molar refractivity (Wildman–Crippen MR) is 153 cm³/mol. The smallest absolute Gasteiger partial charge is 0.335 e. The number of hydrogen-bond acceptors (Lipinski definition) is 6. The van der Waals surface area contributed by atoms with Crippen molar-refractivity contribution in [2.45, 2.75) is 12.6 Å². The number of hydrogen-bond donors (Lipinski definition) is 1. The molecule has 4 aromatic rings. The largest absolute Gasteiger partial charge is 0.478 e. The van der Waals surface area contributed by atoms with E-state index in [2.05, 4.69) is 4.90 Å². The number of carboxylic acids is 1. The van der Waals surface area contributed by atoms with Gasteiger partial charge in [-0.2, -0.15) is 0 Å². The first-order chi connectivity index (χ1) is 18.8. The van der Waals surface area contributed by atoms with Gasteiger partial charge in [0.2, 0.25) is 5.91 Å². The molecule has 1 aromatic heterocycles. The second kappa shape index (κ2) is 11.7. The number of carboxylic acid groups (broad SMARTS) is 1. The number of morpholine rings is 1. The first-order valence-corrected chi connectivity index (χ1v) is 13.8. The summed E-state index contributed by atoms with van der Waals surface area (Å²) in [7, 11) is 1.78. The molecule has 0 aliphatic carbocycles. The Morgan fingerprint density at radius 2 is 1.67 bits per heavy atom. The van der Waals surface area contributed by atoms with Crippen molar-refractivity contribution >= 4 is 45.0 Å². The summed E-state index contributed by atoms with van der Waals surface area (Å²) in [5, 5.41) is 9.68. The third-order valence-corrected chi connectivity index (χ3v) is 8.27. The van der Waals surface area contributed by atoms with Crippen LogP contribution in [0.4, 0.5) is 0 Å². The Hall–Kier alpha value is -3.50. The van der Waals surface area contributed by atoms with Gasteiger partial charge in [-0.05, 0) is 47.0 Å². The number of aromatic carboxylic acids is 1. The van der Waals surface area contributed by atoms with Crippen LogP contribution in [0.25, 0.3) is 21.3 Å². The lowest BCUT2D eigenvalue weighted by atomic mass is 9.98. The molecule has 2 heterocycles. The first-order valence-electron chi connectivity index (χ1n) is 12.6. The lowest BCUT2D eigenvalue weighted by Gasteiger charge is -2.35. The zero-order valence-electron chi connectivity index (χ0n) is 21.4. The maximum absolute atomic E-state index is 13.6. The topological polar surface area (TPSA) is 92.1 Å². The van der Waals surface area contributed by atoms with Gasteiger partial charge < -0.3 is 14.7 Å². The van der Waals surface area contributed by atoms with Crippen molar-refractivity contribution in [2.24, 2.45) is 0 Å². The summed E-state index contributed by atoms with van der Waals surface area (Å²) in [4.78, 5) is 41.3. The average molecular weight is 566 g/mol. The summed E-state index contributed by atoms with van der Waals surface area (Å²) in [6, 6.07) is 19.7. The summed E-state index contributed by atoms with van der Waals surface area (Å²) in [5.74, 6) is -1.14. The van der Waals surface area contributed by atoms with Gasteiger partial charge in [-0.15, -0.1) is 0 Å². The number of fused-ring (bicyclic) bond motifs is 1. The molecule has 0 radical (unpaired) electrons. The molecule has 0 saturated carbocycles. The van der Waals surface area contributed by atoms with Gasteiger partial charge in [-0.25, -0.2) is 4.79 Å². The monoisotopic (exact) mass is 565 g/mol. The molecule has 1 amide bonds. The molecule has 202 valence electrons. The number of rotatable bonds is 8. The molecule has 0 bridgehead atoms. The lowest BCUT2D eigenvalue weighted by molar-refractivity contribution is -0.133. The molecule has 1 aliphatic heterocycles. The van der Waals surface area contributed by atoms with E-state index in [0.717, 1.165) is 45.8 Å². The summed E-state index contributed by atoms with van der Waals surface area (Å²) >= 11 is 7.27. The molecule has 1 N–H and O–H groups in total. The molecule has 8 nitrogen and oxygen atoms in total. The number of amides is 1. The highest BCUT2D eigenvalue weighted by Gasteiger charge is 2.26. The van der Waals surface area contributed by atoms with Crippen molar-refractivity contribution in [3.05, 3.63) is 92.5 Å². The molecule has 1 saturated heterocycles. The van der Waals surface area contributed by atoms with Gasteiger partial charge in [0.05, 0.1) is 35.0 Å². The Kier molecular flexibility index (Phi) is 8.13. The Bertz CT molecular complexity index is 1540. The van der Waals surface area contributed by atoms with E-state index in [0.29, 0.717) is 30.3 Å². The minimum absolute atomic E-state index is 0.0801. The second-order valence-electron chi connectivity index (χ2n) is 9.50. The molecule has 1 fully saturated rings. The van der Waals surface area contributed by atoms with E-state index in [1.165, 1.54) is 4.57 Å². The molecule has 1 aliphatic rings. The van der Waals surface area contributed by atoms with E-state index >= 15 is 0 Å². The summed E-state index contributed by atoms with van der Waals surface area (Å²) < 4.78 is 7.79. The normalized spacial score (nSPS) is 14.8. The van der Waals surface area contributed by atoms with Crippen LogP contribution in [0.5, 0.6) is 0 Å². The molecular formula is C29H28ClN3O5S. The standard InChI is InChI=1S/C29H28ClN3O5S/c1-31(27(34)18-33-24-16-23(30)10-11-26(24)39-29(33)37)25(17-32-12-14-38-15-13-32)21-6-2-19(3-7-21)20-4-8-22(9-5-20)28(35)36/h2-11,16,25H,12-15,17-18H2,1H3,(H,35,36). The highest BCUT2D eigenvalue weighted by Crippen LogP contribution is 2.27. The first kappa shape index (κ1) is 27.1. The van der Waals surface area contributed by atoms with Gasteiger partial charge >= 0.3 is 10.8 Å². The van der Waals surface area contributed by atoms with Crippen LogP contribution in [0.1, 0.15) is 22.0 Å². The number of nitrogens with zero attached hydrogens (tertiary/aromatic N) is 3. The van der Waals surface area contributed by atoms with Crippen LogP contribution in [0.15, 0.2) is 71.5 Å². The highest BCUT2D eigenvalue weighted by molar-refractivity contribution is 7.16. The molecule has 3 aromatic carbocycles. The van der Waals surface area contributed by atoms with Crippen molar-refractivity contribution < 1.29 is 19.4 Å². The number of carbonyl (C=O) groups is 2. The van der Waals surface area contributed by atoms with E-state index in [1.54, 1.807) is 54.4 Å². The zero-order chi connectivity index (χ0) is 27.5. The quantitative estimate of drug-likeness (QED) is 0.335. The molecule has 1 unspecified atom stereocenters. The zero-order valence-corrected chi connectivity index (χ0v) is 23.0. The van der Waals surface area contributed by atoms with Crippen molar-refractivity contribution in [1.82, 2.24) is 14.4 Å². The number of ether oxygens (including phenoxy) is 1. The minimum atomic E-state index is -0.962. The number of likely N-dealkylation sites (N-methyl/N-ethyl adjacent to an activating group) is 1. The number of carbonyl (C=O) groups excluding carboxylic acids is 1. The third-order valence-electron chi connectivity index (χ3n) is 7.08. The van der Waals surface area contributed by atoms with Gasteiger partial charge in [0, 0.05) is 31.7 Å². The van der Waals surface area contributed by atoms with E-state index < -0.39 is 5.97 Å². The van der Waals surface area contributed by atoms with Gasteiger partial charge in [0.15, 0.2) is 0 Å². The molecule has 10 heteroatoms. The fraction of sp³-hybridized carbons (Fsp3) is 0.276. The third kappa shape index (κ3) is 6.07. The molecule has 5 rings (SSSR count). The minimum Gasteiger partial charge on any atom is -0.478 e. The summed E-state index contributed by atoms with van der Waals surface area (Å²) in [6.45, 7) is 3.39. The van der Waals surface area contributed by atoms with Gasteiger partial charge in [-0.1, -0.05) is 59.3 Å². The Balaban J connectivity index is 1.40. The highest BCUT2D eigenvalue weighted by atomic mass is 35.5. The number of aromatic nitrogens is 1. The summed E-state index contributed by atoms with van der Waals surface area (Å²) in [6.07, 6.45) is 0. The van der Waals surface area contributed by atoms with Crippen LogP contribution in [0.3, 0.4) is 0 Å². The Morgan fingerprint density at radius 1 is 1.03 bits per heavy atom. The van der Waals surface area contributed by atoms with Crippen LogP contribution >= 0.6 is 22.9 Å². The molecule has 39 heavy (non-hydrogen) atoms. The van der Waals surface area contributed by atoms with Crippen molar-refractivity contribution in [3.63, 3.8) is 0 Å². The maximum atomic E-state index is 13.6. The Morgan fingerprint density at radius 3 is 2.31 bits per heavy atom. The van der Waals surface area contributed by atoms with Crippen molar-refractivity contribution in [2.75, 3.05) is 39.9 Å². The predicted octanol–water partition coefficient (Wildman–Crippen LogP) is 4.61. The van der Waals surface area contributed by atoms with E-state index in [9.17, 15) is 14.4 Å². The summed E-state index contributed by atoms with van der Waals surface area (Å²) in [5.41, 5.74) is 3.71. The van der Waals surface area contributed by atoms with Gasteiger partial charge in [0.1, 0.15) is 6.54 Å². The van der Waals surface area contributed by atoms with Crippen LogP contribution in [0.2, 0.25) is 5.02 Å². The number of thiazole rings is 1. The second-order valence-corrected chi connectivity index (χ2v) is 10.9. The van der Waals surface area contributed by atoms with Crippen LogP contribution in [-0.2, 0) is 16.1 Å². The average Bonchev–Trinajstić information content (AvgIpc) is 3.25. The maximum Gasteiger partial charge on any atom is 0.335 e. The van der Waals surface area contributed by atoms with Crippen molar-refractivity contribution in [3.8, 4) is 11.1 Å². The molecular weight excluding hydrogens is 538 g/mol. The van der Waals surface area contributed by atoms with Gasteiger partial charge in [-0.3, -0.25) is 19.1 Å².